The molecule has 3 aromatic rings. The van der Waals surface area contributed by atoms with Crippen LogP contribution in [0.1, 0.15) is 5.56 Å². The van der Waals surface area contributed by atoms with Gasteiger partial charge in [-0.1, -0.05) is 29.3 Å². The Morgan fingerprint density at radius 2 is 1.76 bits per heavy atom. The summed E-state index contributed by atoms with van der Waals surface area (Å²) in [6, 6.07) is 7.03. The molecule has 0 unspecified atom stereocenters. The first-order chi connectivity index (χ1) is 9.88. The number of hydrogen-bond donors (Lipinski definition) is 0. The Morgan fingerprint density at radius 1 is 1.00 bits per heavy atom. The standard InChI is InChI=1S/C13H6Cl2F3N3/c14-9-3-1-2-8(11(9)15)12-20-19-10-5-4-7(6-21(10)12)13(16,17)18/h1-6H. The Morgan fingerprint density at radius 3 is 2.48 bits per heavy atom. The Labute approximate surface area is 126 Å². The van der Waals surface area contributed by atoms with Crippen molar-refractivity contribution in [1.29, 1.82) is 0 Å². The average molecular weight is 332 g/mol. The molecule has 0 aliphatic heterocycles. The summed E-state index contributed by atoms with van der Waals surface area (Å²) in [4.78, 5) is 0. The molecule has 0 fully saturated rings. The van der Waals surface area contributed by atoms with Crippen LogP contribution in [-0.4, -0.2) is 14.6 Å². The van der Waals surface area contributed by atoms with Gasteiger partial charge in [0, 0.05) is 11.8 Å². The van der Waals surface area contributed by atoms with E-state index in [1.54, 1.807) is 18.2 Å². The largest absolute Gasteiger partial charge is 0.417 e. The highest BCUT2D eigenvalue weighted by Crippen LogP contribution is 2.34. The van der Waals surface area contributed by atoms with E-state index in [4.69, 9.17) is 23.2 Å². The third kappa shape index (κ3) is 2.45. The van der Waals surface area contributed by atoms with Crippen LogP contribution in [0.25, 0.3) is 17.0 Å². The van der Waals surface area contributed by atoms with Gasteiger partial charge in [-0.2, -0.15) is 13.2 Å². The summed E-state index contributed by atoms with van der Waals surface area (Å²) in [5.41, 5.74) is -0.0979. The summed E-state index contributed by atoms with van der Waals surface area (Å²) in [5, 5.41) is 8.23. The highest BCUT2D eigenvalue weighted by atomic mass is 35.5. The van der Waals surface area contributed by atoms with Crippen molar-refractivity contribution in [2.45, 2.75) is 6.18 Å². The van der Waals surface area contributed by atoms with Crippen molar-refractivity contribution in [1.82, 2.24) is 14.6 Å². The smallest absolute Gasteiger partial charge is 0.282 e. The van der Waals surface area contributed by atoms with Crippen molar-refractivity contribution in [2.24, 2.45) is 0 Å². The van der Waals surface area contributed by atoms with Crippen LogP contribution in [0.3, 0.4) is 0 Å². The highest BCUT2D eigenvalue weighted by Gasteiger charge is 2.31. The molecule has 0 atom stereocenters. The molecule has 8 heteroatoms. The second-order valence-corrected chi connectivity index (χ2v) is 5.05. The number of nitrogens with zero attached hydrogens (tertiary/aromatic N) is 3. The third-order valence-electron chi connectivity index (χ3n) is 2.92. The van der Waals surface area contributed by atoms with Crippen molar-refractivity contribution >= 4 is 28.8 Å². The SMILES string of the molecule is FC(F)(F)c1ccc2nnc(-c3cccc(Cl)c3Cl)n2c1. The van der Waals surface area contributed by atoms with Crippen molar-refractivity contribution in [3.8, 4) is 11.4 Å². The number of halogens is 5. The molecule has 2 heterocycles. The summed E-state index contributed by atoms with van der Waals surface area (Å²) >= 11 is 12.0. The lowest BCUT2D eigenvalue weighted by molar-refractivity contribution is -0.137. The van der Waals surface area contributed by atoms with Gasteiger partial charge in [-0.05, 0) is 24.3 Å². The number of rotatable bonds is 1. The van der Waals surface area contributed by atoms with Crippen LogP contribution in [0.4, 0.5) is 13.2 Å². The van der Waals surface area contributed by atoms with Gasteiger partial charge in [0.2, 0.25) is 0 Å². The zero-order valence-electron chi connectivity index (χ0n) is 10.2. The lowest BCUT2D eigenvalue weighted by Crippen LogP contribution is -2.06. The van der Waals surface area contributed by atoms with Gasteiger partial charge in [-0.15, -0.1) is 10.2 Å². The summed E-state index contributed by atoms with van der Waals surface area (Å²) < 4.78 is 39.6. The minimum atomic E-state index is -4.45. The van der Waals surface area contributed by atoms with E-state index < -0.39 is 11.7 Å². The van der Waals surface area contributed by atoms with Gasteiger partial charge in [-0.25, -0.2) is 0 Å². The summed E-state index contributed by atoms with van der Waals surface area (Å²) in [6.07, 6.45) is -3.52. The lowest BCUT2D eigenvalue weighted by Gasteiger charge is -2.08. The van der Waals surface area contributed by atoms with E-state index in [-0.39, 0.29) is 21.5 Å². The van der Waals surface area contributed by atoms with E-state index in [1.807, 2.05) is 0 Å². The first kappa shape index (κ1) is 14.2. The molecule has 0 aliphatic rings. The van der Waals surface area contributed by atoms with Gasteiger partial charge < -0.3 is 0 Å². The predicted octanol–water partition coefficient (Wildman–Crippen LogP) is 4.72. The zero-order chi connectivity index (χ0) is 15.2. The predicted molar refractivity (Wildman–Crippen MR) is 73.4 cm³/mol. The Bertz CT molecular complexity index is 827. The molecule has 0 N–H and O–H groups in total. The van der Waals surface area contributed by atoms with E-state index in [1.165, 1.54) is 10.5 Å². The molecular weight excluding hydrogens is 326 g/mol. The van der Waals surface area contributed by atoms with Crippen LogP contribution in [0.15, 0.2) is 36.5 Å². The van der Waals surface area contributed by atoms with E-state index in [2.05, 4.69) is 10.2 Å². The molecular formula is C13H6Cl2F3N3. The quantitative estimate of drug-likeness (QED) is 0.645. The van der Waals surface area contributed by atoms with Gasteiger partial charge in [0.05, 0.1) is 15.6 Å². The minimum Gasteiger partial charge on any atom is -0.282 e. The molecule has 0 saturated carbocycles. The maximum atomic E-state index is 12.8. The number of alkyl halides is 3. The van der Waals surface area contributed by atoms with Crippen LogP contribution in [0.5, 0.6) is 0 Å². The van der Waals surface area contributed by atoms with Gasteiger partial charge in [0.1, 0.15) is 0 Å². The number of benzene rings is 1. The number of hydrogen-bond acceptors (Lipinski definition) is 2. The van der Waals surface area contributed by atoms with Gasteiger partial charge in [0.25, 0.3) is 0 Å². The van der Waals surface area contributed by atoms with Crippen LogP contribution >= 0.6 is 23.2 Å². The number of pyridine rings is 1. The molecule has 2 aromatic heterocycles. The van der Waals surface area contributed by atoms with Crippen LogP contribution in [0, 0.1) is 0 Å². The zero-order valence-corrected chi connectivity index (χ0v) is 11.7. The van der Waals surface area contributed by atoms with Crippen molar-refractivity contribution in [3.05, 3.63) is 52.1 Å². The van der Waals surface area contributed by atoms with E-state index in [0.717, 1.165) is 12.3 Å². The Hall–Kier alpha value is -1.79. The highest BCUT2D eigenvalue weighted by molar-refractivity contribution is 6.43. The van der Waals surface area contributed by atoms with Crippen LogP contribution in [0.2, 0.25) is 10.0 Å². The summed E-state index contributed by atoms with van der Waals surface area (Å²) in [7, 11) is 0. The first-order valence-electron chi connectivity index (χ1n) is 5.74. The lowest BCUT2D eigenvalue weighted by atomic mass is 10.2. The maximum Gasteiger partial charge on any atom is 0.417 e. The fourth-order valence-corrected chi connectivity index (χ4v) is 2.30. The Balaban J connectivity index is 2.26. The molecule has 3 nitrogen and oxygen atoms in total. The normalized spacial score (nSPS) is 12.0. The molecule has 3 rings (SSSR count). The third-order valence-corrected chi connectivity index (χ3v) is 3.74. The molecule has 21 heavy (non-hydrogen) atoms. The average Bonchev–Trinajstić information content (AvgIpc) is 2.84. The monoisotopic (exact) mass is 331 g/mol. The second kappa shape index (κ2) is 4.89. The van der Waals surface area contributed by atoms with Crippen molar-refractivity contribution < 1.29 is 13.2 Å². The molecule has 0 aliphatic carbocycles. The molecule has 0 radical (unpaired) electrons. The number of fused-ring (bicyclic) bond motifs is 1. The maximum absolute atomic E-state index is 12.8. The molecule has 0 spiro atoms. The fourth-order valence-electron chi connectivity index (χ4n) is 1.92. The molecule has 1 aromatic carbocycles. The van der Waals surface area contributed by atoms with E-state index >= 15 is 0 Å². The summed E-state index contributed by atoms with van der Waals surface area (Å²) in [6.45, 7) is 0. The van der Waals surface area contributed by atoms with Gasteiger partial charge >= 0.3 is 6.18 Å². The van der Waals surface area contributed by atoms with Crippen LogP contribution < -0.4 is 0 Å². The summed E-state index contributed by atoms with van der Waals surface area (Å²) in [5.74, 6) is 0.198. The minimum absolute atomic E-state index is 0.198. The van der Waals surface area contributed by atoms with Crippen LogP contribution in [-0.2, 0) is 6.18 Å². The molecule has 0 amide bonds. The fraction of sp³-hybridized carbons (Fsp3) is 0.0769. The first-order valence-corrected chi connectivity index (χ1v) is 6.50. The Kier molecular flexibility index (Phi) is 3.30. The molecule has 0 bridgehead atoms. The van der Waals surface area contributed by atoms with Crippen molar-refractivity contribution in [3.63, 3.8) is 0 Å². The van der Waals surface area contributed by atoms with E-state index in [0.29, 0.717) is 5.56 Å². The topological polar surface area (TPSA) is 30.2 Å². The van der Waals surface area contributed by atoms with Crippen molar-refractivity contribution in [2.75, 3.05) is 0 Å². The second-order valence-electron chi connectivity index (χ2n) is 4.27. The van der Waals surface area contributed by atoms with Gasteiger partial charge in [0.15, 0.2) is 11.5 Å². The number of aromatic nitrogens is 3. The van der Waals surface area contributed by atoms with E-state index in [9.17, 15) is 13.2 Å². The molecule has 0 saturated heterocycles. The van der Waals surface area contributed by atoms with Gasteiger partial charge in [-0.3, -0.25) is 4.40 Å². The molecule has 108 valence electrons.